The Bertz CT molecular complexity index is 563. The molecule has 0 saturated carbocycles. The molecule has 18 heavy (non-hydrogen) atoms. The van der Waals surface area contributed by atoms with Crippen LogP contribution >= 0.6 is 0 Å². The third kappa shape index (κ3) is 2.33. The van der Waals surface area contributed by atoms with Crippen LogP contribution in [0.3, 0.4) is 0 Å². The van der Waals surface area contributed by atoms with Crippen molar-refractivity contribution in [2.24, 2.45) is 0 Å². The number of aryl methyl sites for hydroxylation is 1. The standard InChI is InChI=1S/C16H17NO/c1-12-3-2-4-15(9-12)18-11-13-5-6-16-14(10-13)7-8-17-16/h2-6,9-10,17H,7-8,11H2,1H3. The van der Waals surface area contributed by atoms with Crippen molar-refractivity contribution in [3.05, 3.63) is 59.2 Å². The fourth-order valence-corrected chi connectivity index (χ4v) is 2.32. The molecule has 0 aliphatic carbocycles. The highest BCUT2D eigenvalue weighted by atomic mass is 16.5. The van der Waals surface area contributed by atoms with Crippen LogP contribution in [0.15, 0.2) is 42.5 Å². The van der Waals surface area contributed by atoms with E-state index in [1.165, 1.54) is 22.4 Å². The molecule has 1 aliphatic rings. The number of benzene rings is 2. The quantitative estimate of drug-likeness (QED) is 0.884. The molecule has 3 rings (SSSR count). The summed E-state index contributed by atoms with van der Waals surface area (Å²) in [6.45, 7) is 3.77. The van der Waals surface area contributed by atoms with Crippen LogP contribution in [0.5, 0.6) is 5.75 Å². The van der Waals surface area contributed by atoms with Crippen molar-refractivity contribution in [3.8, 4) is 5.75 Å². The second-order valence-electron chi connectivity index (χ2n) is 4.77. The molecule has 92 valence electrons. The lowest BCUT2D eigenvalue weighted by molar-refractivity contribution is 0.306. The first-order valence-electron chi connectivity index (χ1n) is 6.36. The van der Waals surface area contributed by atoms with Crippen LogP contribution < -0.4 is 10.1 Å². The van der Waals surface area contributed by atoms with Crippen LogP contribution in [0.2, 0.25) is 0 Å². The fourth-order valence-electron chi connectivity index (χ4n) is 2.32. The van der Waals surface area contributed by atoms with Gasteiger partial charge in [-0.1, -0.05) is 24.3 Å². The molecule has 0 unspecified atom stereocenters. The predicted octanol–water partition coefficient (Wildman–Crippen LogP) is 3.54. The average molecular weight is 239 g/mol. The number of fused-ring (bicyclic) bond motifs is 1. The van der Waals surface area contributed by atoms with E-state index in [0.29, 0.717) is 6.61 Å². The summed E-state index contributed by atoms with van der Waals surface area (Å²) in [7, 11) is 0. The van der Waals surface area contributed by atoms with Crippen molar-refractivity contribution in [1.82, 2.24) is 0 Å². The Kier molecular flexibility index (Phi) is 2.93. The Morgan fingerprint density at radius 1 is 1.17 bits per heavy atom. The van der Waals surface area contributed by atoms with E-state index in [9.17, 15) is 0 Å². The smallest absolute Gasteiger partial charge is 0.120 e. The SMILES string of the molecule is Cc1cccc(OCc2ccc3c(c2)CCN3)c1. The Balaban J connectivity index is 1.70. The van der Waals surface area contributed by atoms with E-state index in [-0.39, 0.29) is 0 Å². The van der Waals surface area contributed by atoms with E-state index in [1.807, 2.05) is 12.1 Å². The van der Waals surface area contributed by atoms with Gasteiger partial charge in [-0.2, -0.15) is 0 Å². The topological polar surface area (TPSA) is 21.3 Å². The van der Waals surface area contributed by atoms with Crippen LogP contribution in [0.1, 0.15) is 16.7 Å². The summed E-state index contributed by atoms with van der Waals surface area (Å²) in [5.74, 6) is 0.939. The highest BCUT2D eigenvalue weighted by Crippen LogP contribution is 2.23. The van der Waals surface area contributed by atoms with Crippen LogP contribution in [-0.4, -0.2) is 6.54 Å². The minimum absolute atomic E-state index is 0.636. The molecule has 2 heteroatoms. The molecular weight excluding hydrogens is 222 g/mol. The zero-order valence-electron chi connectivity index (χ0n) is 10.6. The maximum absolute atomic E-state index is 5.81. The van der Waals surface area contributed by atoms with Gasteiger partial charge in [0.15, 0.2) is 0 Å². The number of hydrogen-bond acceptors (Lipinski definition) is 2. The lowest BCUT2D eigenvalue weighted by Gasteiger charge is -2.08. The molecule has 0 atom stereocenters. The zero-order valence-corrected chi connectivity index (χ0v) is 10.6. The van der Waals surface area contributed by atoms with Gasteiger partial charge in [-0.15, -0.1) is 0 Å². The van der Waals surface area contributed by atoms with E-state index < -0.39 is 0 Å². The highest BCUT2D eigenvalue weighted by molar-refractivity contribution is 5.56. The van der Waals surface area contributed by atoms with Gasteiger partial charge in [0.2, 0.25) is 0 Å². The summed E-state index contributed by atoms with van der Waals surface area (Å²) in [6, 6.07) is 14.7. The van der Waals surface area contributed by atoms with E-state index in [2.05, 4.69) is 42.6 Å². The highest BCUT2D eigenvalue weighted by Gasteiger charge is 2.09. The summed E-state index contributed by atoms with van der Waals surface area (Å²) in [6.07, 6.45) is 1.12. The van der Waals surface area contributed by atoms with Gasteiger partial charge in [0, 0.05) is 12.2 Å². The van der Waals surface area contributed by atoms with Crippen molar-refractivity contribution in [1.29, 1.82) is 0 Å². The van der Waals surface area contributed by atoms with Crippen molar-refractivity contribution in [2.45, 2.75) is 20.0 Å². The molecular formula is C16H17NO. The molecule has 0 radical (unpaired) electrons. The molecule has 0 saturated heterocycles. The number of hydrogen-bond donors (Lipinski definition) is 1. The minimum atomic E-state index is 0.636. The van der Waals surface area contributed by atoms with Crippen LogP contribution in [0.4, 0.5) is 5.69 Å². The third-order valence-electron chi connectivity index (χ3n) is 3.27. The lowest BCUT2D eigenvalue weighted by atomic mass is 10.1. The molecule has 1 N–H and O–H groups in total. The summed E-state index contributed by atoms with van der Waals surface area (Å²) in [5.41, 5.74) is 5.14. The number of anilines is 1. The Morgan fingerprint density at radius 3 is 3.00 bits per heavy atom. The van der Waals surface area contributed by atoms with E-state index in [0.717, 1.165) is 18.7 Å². The van der Waals surface area contributed by atoms with Gasteiger partial charge in [0.25, 0.3) is 0 Å². The third-order valence-corrected chi connectivity index (χ3v) is 3.27. The molecule has 0 amide bonds. The fraction of sp³-hybridized carbons (Fsp3) is 0.250. The maximum atomic E-state index is 5.81. The summed E-state index contributed by atoms with van der Waals surface area (Å²) in [5, 5.41) is 3.37. The molecule has 0 aromatic heterocycles. The van der Waals surface area contributed by atoms with Crippen molar-refractivity contribution < 1.29 is 4.74 Å². The number of ether oxygens (including phenoxy) is 1. The van der Waals surface area contributed by atoms with Gasteiger partial charge < -0.3 is 10.1 Å². The van der Waals surface area contributed by atoms with Gasteiger partial charge in [0.1, 0.15) is 12.4 Å². The Labute approximate surface area is 108 Å². The zero-order chi connectivity index (χ0) is 12.4. The van der Waals surface area contributed by atoms with Gasteiger partial charge >= 0.3 is 0 Å². The van der Waals surface area contributed by atoms with Crippen molar-refractivity contribution >= 4 is 5.69 Å². The Morgan fingerprint density at radius 2 is 2.11 bits per heavy atom. The first-order valence-corrected chi connectivity index (χ1v) is 6.36. The maximum Gasteiger partial charge on any atom is 0.120 e. The van der Waals surface area contributed by atoms with E-state index in [1.54, 1.807) is 0 Å². The van der Waals surface area contributed by atoms with Crippen molar-refractivity contribution in [3.63, 3.8) is 0 Å². The number of nitrogens with one attached hydrogen (secondary N) is 1. The first-order chi connectivity index (χ1) is 8.81. The summed E-state index contributed by atoms with van der Waals surface area (Å²) < 4.78 is 5.81. The van der Waals surface area contributed by atoms with E-state index in [4.69, 9.17) is 4.74 Å². The number of rotatable bonds is 3. The molecule has 2 nitrogen and oxygen atoms in total. The average Bonchev–Trinajstić information content (AvgIpc) is 2.84. The molecule has 1 aliphatic heterocycles. The Hall–Kier alpha value is -1.96. The van der Waals surface area contributed by atoms with Crippen LogP contribution in [0, 0.1) is 6.92 Å². The molecule has 0 bridgehead atoms. The minimum Gasteiger partial charge on any atom is -0.489 e. The lowest BCUT2D eigenvalue weighted by Crippen LogP contribution is -1.96. The summed E-state index contributed by atoms with van der Waals surface area (Å²) in [4.78, 5) is 0. The molecule has 0 spiro atoms. The molecule has 2 aromatic rings. The monoisotopic (exact) mass is 239 g/mol. The van der Waals surface area contributed by atoms with Crippen LogP contribution in [-0.2, 0) is 13.0 Å². The largest absolute Gasteiger partial charge is 0.489 e. The normalized spacial score (nSPS) is 12.9. The van der Waals surface area contributed by atoms with Gasteiger partial charge in [-0.25, -0.2) is 0 Å². The second kappa shape index (κ2) is 4.73. The van der Waals surface area contributed by atoms with Gasteiger partial charge in [0.05, 0.1) is 0 Å². The summed E-state index contributed by atoms with van der Waals surface area (Å²) >= 11 is 0. The van der Waals surface area contributed by atoms with Gasteiger partial charge in [-0.05, 0) is 48.2 Å². The van der Waals surface area contributed by atoms with Crippen LogP contribution in [0.25, 0.3) is 0 Å². The first kappa shape index (κ1) is 11.1. The van der Waals surface area contributed by atoms with Gasteiger partial charge in [-0.3, -0.25) is 0 Å². The second-order valence-corrected chi connectivity index (χ2v) is 4.77. The molecule has 0 fully saturated rings. The molecule has 2 aromatic carbocycles. The van der Waals surface area contributed by atoms with E-state index >= 15 is 0 Å². The predicted molar refractivity (Wildman–Crippen MR) is 74.1 cm³/mol. The van der Waals surface area contributed by atoms with Crippen molar-refractivity contribution in [2.75, 3.05) is 11.9 Å². The molecule has 1 heterocycles.